The van der Waals surface area contributed by atoms with E-state index in [0.29, 0.717) is 13.0 Å². The maximum absolute atomic E-state index is 12.2. The molecule has 1 unspecified atom stereocenters. The van der Waals surface area contributed by atoms with E-state index in [0.717, 1.165) is 29.8 Å². The lowest BCUT2D eigenvalue weighted by molar-refractivity contribution is 0.0676. The molecule has 1 aromatic carbocycles. The summed E-state index contributed by atoms with van der Waals surface area (Å²) in [5.74, 6) is 0.203. The maximum Gasteiger partial charge on any atom is 0.164 e. The predicted octanol–water partition coefficient (Wildman–Crippen LogP) is 1.86. The number of carbonyl (C=O) groups is 1. The number of carbonyl (C=O) groups excluding carboxylic acids is 1. The van der Waals surface area contributed by atoms with Gasteiger partial charge in [-0.1, -0.05) is 17.7 Å². The highest BCUT2D eigenvalue weighted by Gasteiger charge is 2.18. The van der Waals surface area contributed by atoms with E-state index in [9.17, 15) is 4.79 Å². The molecule has 0 radical (unpaired) electrons. The van der Waals surface area contributed by atoms with Crippen LogP contribution in [0.5, 0.6) is 0 Å². The summed E-state index contributed by atoms with van der Waals surface area (Å²) in [4.78, 5) is 12.2. The van der Waals surface area contributed by atoms with Gasteiger partial charge in [-0.05, 0) is 25.5 Å². The Balaban J connectivity index is 2.05. The van der Waals surface area contributed by atoms with E-state index in [1.165, 1.54) is 0 Å². The number of ether oxygens (including phenoxy) is 1. The van der Waals surface area contributed by atoms with Gasteiger partial charge in [-0.25, -0.2) is 0 Å². The number of morpholine rings is 1. The van der Waals surface area contributed by atoms with Crippen LogP contribution in [0.25, 0.3) is 0 Å². The van der Waals surface area contributed by atoms with Gasteiger partial charge in [-0.3, -0.25) is 4.79 Å². The van der Waals surface area contributed by atoms with Crippen molar-refractivity contribution in [2.24, 2.45) is 0 Å². The largest absolute Gasteiger partial charge is 0.378 e. The Morgan fingerprint density at radius 1 is 1.47 bits per heavy atom. The van der Waals surface area contributed by atoms with E-state index in [2.05, 4.69) is 5.32 Å². The Morgan fingerprint density at radius 2 is 2.29 bits per heavy atom. The lowest BCUT2D eigenvalue weighted by Gasteiger charge is -2.23. The molecule has 1 heterocycles. The topological polar surface area (TPSA) is 38.3 Å². The molecular weight excluding hydrogens is 214 g/mol. The highest BCUT2D eigenvalue weighted by molar-refractivity contribution is 5.98. The Hall–Kier alpha value is -1.19. The van der Waals surface area contributed by atoms with E-state index >= 15 is 0 Å². The Morgan fingerprint density at radius 3 is 3.00 bits per heavy atom. The number of Topliss-reactive ketones (excluding diaryl/α,β-unsaturated/α-hetero) is 1. The van der Waals surface area contributed by atoms with E-state index in [-0.39, 0.29) is 11.8 Å². The van der Waals surface area contributed by atoms with Crippen molar-refractivity contribution in [1.29, 1.82) is 0 Å². The van der Waals surface area contributed by atoms with Gasteiger partial charge >= 0.3 is 0 Å². The normalized spacial score (nSPS) is 20.2. The Labute approximate surface area is 102 Å². The summed E-state index contributed by atoms with van der Waals surface area (Å²) >= 11 is 0. The monoisotopic (exact) mass is 233 g/mol. The zero-order valence-electron chi connectivity index (χ0n) is 10.5. The molecule has 0 aliphatic carbocycles. The molecule has 0 spiro atoms. The number of hydrogen-bond acceptors (Lipinski definition) is 3. The molecule has 0 aromatic heterocycles. The molecule has 2 rings (SSSR count). The second-order valence-corrected chi connectivity index (χ2v) is 4.67. The predicted molar refractivity (Wildman–Crippen MR) is 67.5 cm³/mol. The average molecular weight is 233 g/mol. The summed E-state index contributed by atoms with van der Waals surface area (Å²) in [6.07, 6.45) is 0.518. The second-order valence-electron chi connectivity index (χ2n) is 4.67. The van der Waals surface area contributed by atoms with E-state index in [1.807, 2.05) is 32.0 Å². The molecule has 0 bridgehead atoms. The van der Waals surface area contributed by atoms with Gasteiger partial charge in [0.1, 0.15) is 0 Å². The summed E-state index contributed by atoms with van der Waals surface area (Å²) in [7, 11) is 0. The molecule has 1 aliphatic rings. The van der Waals surface area contributed by atoms with Crippen LogP contribution in [0, 0.1) is 13.8 Å². The highest BCUT2D eigenvalue weighted by atomic mass is 16.5. The van der Waals surface area contributed by atoms with Crippen molar-refractivity contribution in [2.45, 2.75) is 26.3 Å². The molecule has 1 aliphatic heterocycles. The lowest BCUT2D eigenvalue weighted by Crippen LogP contribution is -2.42. The van der Waals surface area contributed by atoms with Gasteiger partial charge in [-0.15, -0.1) is 0 Å². The van der Waals surface area contributed by atoms with E-state index in [4.69, 9.17) is 4.74 Å². The number of hydrogen-bond donors (Lipinski definition) is 1. The van der Waals surface area contributed by atoms with Crippen molar-refractivity contribution in [3.8, 4) is 0 Å². The third kappa shape index (κ3) is 3.14. The average Bonchev–Trinajstić information content (AvgIpc) is 2.33. The van der Waals surface area contributed by atoms with Crippen molar-refractivity contribution < 1.29 is 9.53 Å². The fourth-order valence-electron chi connectivity index (χ4n) is 2.12. The van der Waals surface area contributed by atoms with Crippen molar-refractivity contribution in [3.63, 3.8) is 0 Å². The third-order valence-corrected chi connectivity index (χ3v) is 3.12. The quantitative estimate of drug-likeness (QED) is 0.810. The third-order valence-electron chi connectivity index (χ3n) is 3.12. The fourth-order valence-corrected chi connectivity index (χ4v) is 2.12. The SMILES string of the molecule is Cc1ccc(C)c(C(=O)CC2COCCN2)c1. The van der Waals surface area contributed by atoms with Crippen molar-refractivity contribution in [2.75, 3.05) is 19.8 Å². The lowest BCUT2D eigenvalue weighted by atomic mass is 9.97. The van der Waals surface area contributed by atoms with Crippen LogP contribution in [0.3, 0.4) is 0 Å². The van der Waals surface area contributed by atoms with Gasteiger partial charge in [0.25, 0.3) is 0 Å². The first-order valence-electron chi connectivity index (χ1n) is 6.08. The van der Waals surface area contributed by atoms with Crippen molar-refractivity contribution >= 4 is 5.78 Å². The minimum atomic E-state index is 0.163. The summed E-state index contributed by atoms with van der Waals surface area (Å²) in [5.41, 5.74) is 3.03. The molecule has 3 nitrogen and oxygen atoms in total. The van der Waals surface area contributed by atoms with Crippen molar-refractivity contribution in [3.05, 3.63) is 34.9 Å². The number of nitrogens with one attached hydrogen (secondary N) is 1. The van der Waals surface area contributed by atoms with Crippen LogP contribution in [-0.4, -0.2) is 31.6 Å². The molecule has 3 heteroatoms. The summed E-state index contributed by atoms with van der Waals surface area (Å²) in [6.45, 7) is 6.21. The fraction of sp³-hybridized carbons (Fsp3) is 0.500. The van der Waals surface area contributed by atoms with Gasteiger partial charge in [0.05, 0.1) is 13.2 Å². The molecule has 1 aromatic rings. The number of benzene rings is 1. The van der Waals surface area contributed by atoms with Crippen LogP contribution in [0.15, 0.2) is 18.2 Å². The molecule has 0 amide bonds. The van der Waals surface area contributed by atoms with Gasteiger partial charge in [-0.2, -0.15) is 0 Å². The van der Waals surface area contributed by atoms with E-state index in [1.54, 1.807) is 0 Å². The summed E-state index contributed by atoms with van der Waals surface area (Å²) in [5, 5.41) is 3.31. The first-order chi connectivity index (χ1) is 8.16. The number of aryl methyl sites for hydroxylation is 2. The highest BCUT2D eigenvalue weighted by Crippen LogP contribution is 2.14. The molecule has 92 valence electrons. The van der Waals surface area contributed by atoms with Gasteiger partial charge < -0.3 is 10.1 Å². The van der Waals surface area contributed by atoms with Crippen molar-refractivity contribution in [1.82, 2.24) is 5.32 Å². The molecule has 1 N–H and O–H groups in total. The van der Waals surface area contributed by atoms with Crippen LogP contribution >= 0.6 is 0 Å². The van der Waals surface area contributed by atoms with Crippen LogP contribution in [-0.2, 0) is 4.74 Å². The van der Waals surface area contributed by atoms with Gasteiger partial charge in [0.15, 0.2) is 5.78 Å². The summed E-state index contributed by atoms with van der Waals surface area (Å²) in [6, 6.07) is 6.18. The molecule has 0 saturated carbocycles. The molecule has 1 atom stereocenters. The standard InChI is InChI=1S/C14H19NO2/c1-10-3-4-11(2)13(7-10)14(16)8-12-9-17-6-5-15-12/h3-4,7,12,15H,5-6,8-9H2,1-2H3. The first-order valence-corrected chi connectivity index (χ1v) is 6.08. The smallest absolute Gasteiger partial charge is 0.164 e. The van der Waals surface area contributed by atoms with Crippen LogP contribution in [0.2, 0.25) is 0 Å². The Kier molecular flexibility index (Phi) is 3.92. The number of rotatable bonds is 3. The number of ketones is 1. The van der Waals surface area contributed by atoms with Gasteiger partial charge in [0.2, 0.25) is 0 Å². The minimum Gasteiger partial charge on any atom is -0.378 e. The molecular formula is C14H19NO2. The summed E-state index contributed by atoms with van der Waals surface area (Å²) < 4.78 is 5.36. The zero-order valence-corrected chi connectivity index (χ0v) is 10.5. The van der Waals surface area contributed by atoms with Crippen LogP contribution in [0.4, 0.5) is 0 Å². The van der Waals surface area contributed by atoms with Crippen LogP contribution in [0.1, 0.15) is 27.9 Å². The Bertz CT molecular complexity index is 409. The molecule has 1 fully saturated rings. The molecule has 1 saturated heterocycles. The zero-order chi connectivity index (χ0) is 12.3. The van der Waals surface area contributed by atoms with E-state index < -0.39 is 0 Å². The second kappa shape index (κ2) is 5.43. The van der Waals surface area contributed by atoms with Gasteiger partial charge in [0, 0.05) is 24.6 Å². The first kappa shape index (κ1) is 12.3. The minimum absolute atomic E-state index is 0.163. The maximum atomic E-state index is 12.2. The molecule has 17 heavy (non-hydrogen) atoms. The van der Waals surface area contributed by atoms with Crippen LogP contribution < -0.4 is 5.32 Å².